The highest BCUT2D eigenvalue weighted by Gasteiger charge is 1.70. The molecule has 0 aromatic rings. The van der Waals surface area contributed by atoms with Crippen molar-refractivity contribution in [3.05, 3.63) is 0 Å². The first-order valence-electron chi connectivity index (χ1n) is 3.22. The molecule has 0 aromatic heterocycles. The van der Waals surface area contributed by atoms with Crippen LogP contribution in [-0.4, -0.2) is 32.7 Å². The van der Waals surface area contributed by atoms with Gasteiger partial charge in [0.15, 0.2) is 0 Å². The number of hydrogen-bond acceptors (Lipinski definition) is 2. The number of rotatable bonds is 1. The van der Waals surface area contributed by atoms with E-state index < -0.39 is 12.3 Å². The van der Waals surface area contributed by atoms with Gasteiger partial charge in [-0.2, -0.15) is 0 Å². The van der Waals surface area contributed by atoms with Crippen LogP contribution in [0.25, 0.3) is 0 Å². The third-order valence-corrected chi connectivity index (χ3v) is 0.500. The monoisotopic (exact) mass is 214 g/mol. The Hall–Kier alpha value is -1.46. The van der Waals surface area contributed by atoms with Gasteiger partial charge in [-0.05, 0) is 0 Å². The Morgan fingerprint density at radius 1 is 0.786 bits per heavy atom. The number of carboxylic acid groups (broad SMARTS) is 4. The predicted octanol–water partition coefficient (Wildman–Crippen LogP) is 3.52. The Morgan fingerprint density at radius 2 is 0.857 bits per heavy atom. The summed E-state index contributed by atoms with van der Waals surface area (Å²) in [7, 11) is 0. The molecule has 0 aromatic carbocycles. The van der Waals surface area contributed by atoms with Crippen molar-refractivity contribution in [3.63, 3.8) is 0 Å². The molecule has 0 fully saturated rings. The van der Waals surface area contributed by atoms with E-state index >= 15 is 0 Å². The number of hydrogen-bond donors (Lipinski definition) is 4. The molecule has 6 nitrogen and oxygen atoms in total. The lowest BCUT2D eigenvalue weighted by atomic mass is 10.4. The molecule has 0 heterocycles. The van der Waals surface area contributed by atoms with Crippen LogP contribution < -0.4 is 0 Å². The average molecular weight is 214 g/mol. The van der Waals surface area contributed by atoms with Crippen LogP contribution in [0.4, 0.5) is 9.59 Å². The van der Waals surface area contributed by atoms with E-state index in [1.54, 1.807) is 0 Å². The standard InChI is InChI=1S/C4H10.2CH2O3.2CH4/c1-3-4-2;2*2-1(3)4;;/h3-4H2,1-2H3;2*(H2,2,3,4);2*1H4. The fourth-order valence-electron chi connectivity index (χ4n) is 0. The molecule has 0 radical (unpaired) electrons. The Kier molecular flexibility index (Phi) is 62.9. The fraction of sp³-hybridized carbons (Fsp3) is 0.750. The van der Waals surface area contributed by atoms with Crippen LogP contribution in [0, 0.1) is 0 Å². The lowest BCUT2D eigenvalue weighted by molar-refractivity contribution is 0.135. The second kappa shape index (κ2) is 30.0. The maximum absolute atomic E-state index is 8.56. The summed E-state index contributed by atoms with van der Waals surface area (Å²) in [5, 5.41) is 27.9. The summed E-state index contributed by atoms with van der Waals surface area (Å²) in [4.78, 5) is 17.1. The summed E-state index contributed by atoms with van der Waals surface area (Å²) in [6.07, 6.45) is -1.03. The second-order valence-corrected chi connectivity index (χ2v) is 1.57. The summed E-state index contributed by atoms with van der Waals surface area (Å²) >= 11 is 0. The highest BCUT2D eigenvalue weighted by atomic mass is 16.6. The Bertz CT molecular complexity index is 90.4. The van der Waals surface area contributed by atoms with Gasteiger partial charge in [0.05, 0.1) is 0 Å². The van der Waals surface area contributed by atoms with Gasteiger partial charge in [0.25, 0.3) is 0 Å². The molecular formula is C8H22O6. The van der Waals surface area contributed by atoms with E-state index in [4.69, 9.17) is 30.0 Å². The number of unbranched alkanes of at least 4 members (excludes halogenated alkanes) is 1. The van der Waals surface area contributed by atoms with Crippen molar-refractivity contribution in [1.29, 1.82) is 0 Å². The van der Waals surface area contributed by atoms with Crippen LogP contribution in [0.15, 0.2) is 0 Å². The van der Waals surface area contributed by atoms with Crippen molar-refractivity contribution in [2.75, 3.05) is 0 Å². The van der Waals surface area contributed by atoms with Gasteiger partial charge >= 0.3 is 12.3 Å². The minimum atomic E-state index is -1.83. The van der Waals surface area contributed by atoms with Crippen molar-refractivity contribution in [1.82, 2.24) is 0 Å². The first-order chi connectivity index (χ1) is 5.38. The van der Waals surface area contributed by atoms with E-state index in [9.17, 15) is 0 Å². The number of carbonyl (C=O) groups is 2. The molecule has 0 saturated heterocycles. The highest BCUT2D eigenvalue weighted by Crippen LogP contribution is 1.76. The van der Waals surface area contributed by atoms with Crippen LogP contribution in [0.2, 0.25) is 0 Å². The van der Waals surface area contributed by atoms with Gasteiger partial charge in [-0.15, -0.1) is 0 Å². The first kappa shape index (κ1) is 29.4. The molecule has 0 rings (SSSR count). The van der Waals surface area contributed by atoms with E-state index in [0.717, 1.165) is 0 Å². The van der Waals surface area contributed by atoms with Gasteiger partial charge in [-0.3, -0.25) is 0 Å². The second-order valence-electron chi connectivity index (χ2n) is 1.57. The molecule has 0 aliphatic rings. The van der Waals surface area contributed by atoms with Gasteiger partial charge in [0.2, 0.25) is 0 Å². The zero-order valence-corrected chi connectivity index (χ0v) is 7.02. The van der Waals surface area contributed by atoms with Gasteiger partial charge < -0.3 is 20.4 Å². The predicted molar refractivity (Wildman–Crippen MR) is 55.4 cm³/mol. The molecule has 0 bridgehead atoms. The summed E-state index contributed by atoms with van der Waals surface area (Å²) in [6.45, 7) is 4.36. The normalized spacial score (nSPS) is 5.57. The van der Waals surface area contributed by atoms with Crippen molar-refractivity contribution < 1.29 is 30.0 Å². The molecule has 14 heavy (non-hydrogen) atoms. The van der Waals surface area contributed by atoms with Gasteiger partial charge in [-0.1, -0.05) is 41.5 Å². The summed E-state index contributed by atoms with van der Waals surface area (Å²) in [6, 6.07) is 0. The summed E-state index contributed by atoms with van der Waals surface area (Å²) in [5.41, 5.74) is 0. The molecule has 0 unspecified atom stereocenters. The molecule has 0 atom stereocenters. The Labute approximate surface area is 84.8 Å². The minimum Gasteiger partial charge on any atom is -0.450 e. The van der Waals surface area contributed by atoms with Crippen LogP contribution in [0.1, 0.15) is 41.5 Å². The highest BCUT2D eigenvalue weighted by molar-refractivity contribution is 5.53. The van der Waals surface area contributed by atoms with Crippen LogP contribution in [0.3, 0.4) is 0 Å². The summed E-state index contributed by atoms with van der Waals surface area (Å²) < 4.78 is 0. The minimum absolute atomic E-state index is 0. The van der Waals surface area contributed by atoms with Gasteiger partial charge in [0.1, 0.15) is 0 Å². The van der Waals surface area contributed by atoms with E-state index in [-0.39, 0.29) is 14.9 Å². The van der Waals surface area contributed by atoms with Crippen molar-refractivity contribution in [2.24, 2.45) is 0 Å². The molecule has 0 amide bonds. The van der Waals surface area contributed by atoms with E-state index in [0.29, 0.717) is 0 Å². The van der Waals surface area contributed by atoms with Crippen LogP contribution >= 0.6 is 0 Å². The van der Waals surface area contributed by atoms with E-state index in [2.05, 4.69) is 13.8 Å². The molecule has 0 saturated carbocycles. The molecule has 0 aliphatic carbocycles. The van der Waals surface area contributed by atoms with Crippen molar-refractivity contribution >= 4 is 12.3 Å². The quantitative estimate of drug-likeness (QED) is 0.530. The van der Waals surface area contributed by atoms with Crippen molar-refractivity contribution in [2.45, 2.75) is 41.5 Å². The third kappa shape index (κ3) is 4530. The topological polar surface area (TPSA) is 115 Å². The van der Waals surface area contributed by atoms with Crippen molar-refractivity contribution in [3.8, 4) is 0 Å². The molecular weight excluding hydrogens is 192 g/mol. The van der Waals surface area contributed by atoms with Crippen LogP contribution in [0.5, 0.6) is 0 Å². The van der Waals surface area contributed by atoms with E-state index in [1.807, 2.05) is 0 Å². The summed E-state index contributed by atoms with van der Waals surface area (Å²) in [5.74, 6) is 0. The van der Waals surface area contributed by atoms with Gasteiger partial charge in [0, 0.05) is 0 Å². The molecule has 6 heteroatoms. The Morgan fingerprint density at radius 3 is 0.857 bits per heavy atom. The molecule has 90 valence electrons. The smallest absolute Gasteiger partial charge is 0.450 e. The lowest BCUT2D eigenvalue weighted by Crippen LogP contribution is -1.81. The SMILES string of the molecule is C.C.CCCC.O=C(O)O.O=C(O)O. The molecule has 0 aliphatic heterocycles. The maximum atomic E-state index is 8.56. The largest absolute Gasteiger partial charge is 0.503 e. The van der Waals surface area contributed by atoms with Gasteiger partial charge in [-0.25, -0.2) is 9.59 Å². The molecule has 0 spiro atoms. The first-order valence-corrected chi connectivity index (χ1v) is 3.22. The maximum Gasteiger partial charge on any atom is 0.503 e. The fourth-order valence-corrected chi connectivity index (χ4v) is 0. The lowest BCUT2D eigenvalue weighted by Gasteiger charge is -1.68. The molecule has 4 N–H and O–H groups in total. The third-order valence-electron chi connectivity index (χ3n) is 0.500. The Balaban J connectivity index is -0.0000000270. The van der Waals surface area contributed by atoms with E-state index in [1.165, 1.54) is 12.8 Å². The average Bonchev–Trinajstić information content (AvgIpc) is 1.85. The van der Waals surface area contributed by atoms with Crippen LogP contribution in [-0.2, 0) is 0 Å². The zero-order valence-electron chi connectivity index (χ0n) is 7.02. The zero-order chi connectivity index (χ0) is 10.6.